The van der Waals surface area contributed by atoms with E-state index in [9.17, 15) is 22.7 Å². The predicted molar refractivity (Wildman–Crippen MR) is 73.1 cm³/mol. The van der Waals surface area contributed by atoms with Gasteiger partial charge < -0.3 is 9.63 Å². The number of rotatable bonds is 3. The van der Waals surface area contributed by atoms with Crippen molar-refractivity contribution in [2.24, 2.45) is 0 Å². The maximum atomic E-state index is 13.8. The fourth-order valence-electron chi connectivity index (χ4n) is 2.23. The van der Waals surface area contributed by atoms with Crippen LogP contribution in [0.2, 0.25) is 0 Å². The summed E-state index contributed by atoms with van der Waals surface area (Å²) in [5.74, 6) is -5.09. The monoisotopic (exact) mass is 323 g/mol. The van der Waals surface area contributed by atoms with Gasteiger partial charge in [-0.25, -0.2) is 17.6 Å². The van der Waals surface area contributed by atoms with Crippen LogP contribution < -0.4 is 0 Å². The van der Waals surface area contributed by atoms with Crippen LogP contribution in [0.3, 0.4) is 0 Å². The zero-order valence-electron chi connectivity index (χ0n) is 11.5. The molecule has 0 saturated heterocycles. The van der Waals surface area contributed by atoms with E-state index in [1.807, 2.05) is 0 Å². The molecule has 0 aliphatic carbocycles. The number of aliphatic hydroxyl groups excluding tert-OH is 1. The number of aromatic nitrogens is 1. The molecule has 0 atom stereocenters. The average Bonchev–Trinajstić information content (AvgIpc) is 2.96. The number of halogens is 4. The van der Waals surface area contributed by atoms with E-state index in [1.54, 1.807) is 6.07 Å². The van der Waals surface area contributed by atoms with Crippen molar-refractivity contribution in [1.29, 1.82) is 0 Å². The SMILES string of the molecule is OCc1c(-c2cc(F)c(F)c(F)c2)noc1-c1ccccc1F. The standard InChI is InChI=1S/C16H9F4NO2/c17-11-4-2-1-3-9(11)16-10(7-22)15(21-23-16)8-5-12(18)14(20)13(19)6-8/h1-6,22H,7H2. The van der Waals surface area contributed by atoms with E-state index in [4.69, 9.17) is 4.52 Å². The van der Waals surface area contributed by atoms with Gasteiger partial charge in [0.1, 0.15) is 11.5 Å². The van der Waals surface area contributed by atoms with Gasteiger partial charge in [-0.05, 0) is 24.3 Å². The van der Waals surface area contributed by atoms with Gasteiger partial charge in [0.15, 0.2) is 23.2 Å². The van der Waals surface area contributed by atoms with Gasteiger partial charge in [-0.3, -0.25) is 0 Å². The van der Waals surface area contributed by atoms with E-state index in [2.05, 4.69) is 5.16 Å². The Balaban J connectivity index is 2.18. The van der Waals surface area contributed by atoms with E-state index in [0.717, 1.165) is 12.1 Å². The Morgan fingerprint density at radius 2 is 1.61 bits per heavy atom. The minimum absolute atomic E-state index is 0.0401. The van der Waals surface area contributed by atoms with E-state index in [-0.39, 0.29) is 28.1 Å². The second kappa shape index (κ2) is 5.85. The third kappa shape index (κ3) is 2.59. The largest absolute Gasteiger partial charge is 0.391 e. The quantitative estimate of drug-likeness (QED) is 0.584. The highest BCUT2D eigenvalue weighted by atomic mass is 19.2. The molecule has 1 aromatic heterocycles. The molecule has 0 aliphatic heterocycles. The molecule has 0 unspecified atom stereocenters. The Kier molecular flexibility index (Phi) is 3.87. The van der Waals surface area contributed by atoms with Gasteiger partial charge in [-0.2, -0.15) is 0 Å². The summed E-state index contributed by atoms with van der Waals surface area (Å²) >= 11 is 0. The normalized spacial score (nSPS) is 11.0. The fourth-order valence-corrected chi connectivity index (χ4v) is 2.23. The third-order valence-electron chi connectivity index (χ3n) is 3.32. The zero-order valence-corrected chi connectivity index (χ0v) is 11.5. The van der Waals surface area contributed by atoms with Gasteiger partial charge in [0.2, 0.25) is 0 Å². The van der Waals surface area contributed by atoms with Crippen molar-refractivity contribution < 1.29 is 27.2 Å². The van der Waals surface area contributed by atoms with Gasteiger partial charge in [-0.1, -0.05) is 17.3 Å². The fraction of sp³-hybridized carbons (Fsp3) is 0.0625. The molecule has 0 bridgehead atoms. The van der Waals surface area contributed by atoms with E-state index >= 15 is 0 Å². The van der Waals surface area contributed by atoms with Gasteiger partial charge in [0.05, 0.1) is 17.7 Å². The second-order valence-electron chi connectivity index (χ2n) is 4.73. The summed E-state index contributed by atoms with van der Waals surface area (Å²) in [5.41, 5.74) is -0.140. The van der Waals surface area contributed by atoms with Crippen LogP contribution in [0.1, 0.15) is 5.56 Å². The number of hydrogen-bond donors (Lipinski definition) is 1. The molecule has 3 rings (SSSR count). The first-order valence-corrected chi connectivity index (χ1v) is 6.52. The van der Waals surface area contributed by atoms with Crippen molar-refractivity contribution in [1.82, 2.24) is 5.16 Å². The van der Waals surface area contributed by atoms with Crippen molar-refractivity contribution >= 4 is 0 Å². The smallest absolute Gasteiger partial charge is 0.194 e. The molecule has 0 fully saturated rings. The van der Waals surface area contributed by atoms with Crippen LogP contribution in [0, 0.1) is 23.3 Å². The number of benzene rings is 2. The molecule has 23 heavy (non-hydrogen) atoms. The third-order valence-corrected chi connectivity index (χ3v) is 3.32. The lowest BCUT2D eigenvalue weighted by Crippen LogP contribution is -1.95. The van der Waals surface area contributed by atoms with Crippen LogP contribution in [-0.4, -0.2) is 10.3 Å². The lowest BCUT2D eigenvalue weighted by atomic mass is 10.0. The number of hydrogen-bond acceptors (Lipinski definition) is 3. The van der Waals surface area contributed by atoms with Gasteiger partial charge in [0, 0.05) is 5.56 Å². The number of aliphatic hydroxyl groups is 1. The first-order chi connectivity index (χ1) is 11.0. The molecular weight excluding hydrogens is 314 g/mol. The van der Waals surface area contributed by atoms with Crippen LogP contribution in [0.15, 0.2) is 40.9 Å². The Morgan fingerprint density at radius 3 is 2.22 bits per heavy atom. The summed E-state index contributed by atoms with van der Waals surface area (Å²) in [6.07, 6.45) is 0. The maximum Gasteiger partial charge on any atom is 0.194 e. The van der Waals surface area contributed by atoms with Crippen molar-refractivity contribution in [3.63, 3.8) is 0 Å². The van der Waals surface area contributed by atoms with Crippen LogP contribution >= 0.6 is 0 Å². The topological polar surface area (TPSA) is 46.3 Å². The van der Waals surface area contributed by atoms with Crippen molar-refractivity contribution in [2.45, 2.75) is 6.61 Å². The Hall–Kier alpha value is -2.67. The molecule has 0 radical (unpaired) electrons. The van der Waals surface area contributed by atoms with E-state index < -0.39 is 29.9 Å². The predicted octanol–water partition coefficient (Wildman–Crippen LogP) is 4.06. The first kappa shape index (κ1) is 15.2. The first-order valence-electron chi connectivity index (χ1n) is 6.52. The van der Waals surface area contributed by atoms with E-state index in [1.165, 1.54) is 18.2 Å². The highest BCUT2D eigenvalue weighted by Crippen LogP contribution is 2.34. The minimum Gasteiger partial charge on any atom is -0.391 e. The highest BCUT2D eigenvalue weighted by molar-refractivity contribution is 5.72. The highest BCUT2D eigenvalue weighted by Gasteiger charge is 2.22. The minimum atomic E-state index is -1.61. The molecule has 7 heteroatoms. The van der Waals surface area contributed by atoms with Crippen molar-refractivity contribution in [3.8, 4) is 22.6 Å². The van der Waals surface area contributed by atoms with Crippen LogP contribution in [0.5, 0.6) is 0 Å². The van der Waals surface area contributed by atoms with E-state index in [0.29, 0.717) is 0 Å². The summed E-state index contributed by atoms with van der Waals surface area (Å²) in [6.45, 7) is -0.608. The Bertz CT molecular complexity index is 853. The summed E-state index contributed by atoms with van der Waals surface area (Å²) in [4.78, 5) is 0. The zero-order chi connectivity index (χ0) is 16.6. The molecule has 0 aliphatic rings. The molecule has 0 saturated carbocycles. The van der Waals surface area contributed by atoms with Gasteiger partial charge in [0.25, 0.3) is 0 Å². The molecule has 3 aromatic rings. The molecule has 2 aromatic carbocycles. The lowest BCUT2D eigenvalue weighted by molar-refractivity contribution is 0.281. The molecule has 1 N–H and O–H groups in total. The summed E-state index contributed by atoms with van der Waals surface area (Å²) in [7, 11) is 0. The van der Waals surface area contributed by atoms with Crippen LogP contribution in [0.25, 0.3) is 22.6 Å². The lowest BCUT2D eigenvalue weighted by Gasteiger charge is -2.03. The van der Waals surface area contributed by atoms with Crippen LogP contribution in [-0.2, 0) is 6.61 Å². The summed E-state index contributed by atoms with van der Waals surface area (Å²) in [5, 5.41) is 13.1. The molecule has 3 nitrogen and oxygen atoms in total. The molecule has 1 heterocycles. The Morgan fingerprint density at radius 1 is 0.957 bits per heavy atom. The Labute approximate surface area is 127 Å². The van der Waals surface area contributed by atoms with Crippen molar-refractivity contribution in [2.75, 3.05) is 0 Å². The molecular formula is C16H9F4NO2. The molecule has 118 valence electrons. The number of nitrogens with zero attached hydrogens (tertiary/aromatic N) is 1. The summed E-state index contributed by atoms with van der Waals surface area (Å²) in [6, 6.07) is 7.07. The molecule has 0 amide bonds. The van der Waals surface area contributed by atoms with Gasteiger partial charge in [-0.15, -0.1) is 0 Å². The van der Waals surface area contributed by atoms with Crippen molar-refractivity contribution in [3.05, 3.63) is 65.2 Å². The van der Waals surface area contributed by atoms with Gasteiger partial charge >= 0.3 is 0 Å². The maximum absolute atomic E-state index is 13.8. The molecule has 0 spiro atoms. The second-order valence-corrected chi connectivity index (χ2v) is 4.73. The average molecular weight is 323 g/mol. The van der Waals surface area contributed by atoms with Crippen LogP contribution in [0.4, 0.5) is 17.6 Å². The summed E-state index contributed by atoms with van der Waals surface area (Å²) < 4.78 is 58.6.